The highest BCUT2D eigenvalue weighted by atomic mass is 16.4. The second-order valence-corrected chi connectivity index (χ2v) is 6.28. The van der Waals surface area contributed by atoms with E-state index in [9.17, 15) is 9.59 Å². The zero-order valence-electron chi connectivity index (χ0n) is 13.6. The molecular formula is C15H25N3O3. The third kappa shape index (κ3) is 3.83. The number of carbonyl (C=O) groups excluding carboxylic acids is 1. The van der Waals surface area contributed by atoms with E-state index in [2.05, 4.69) is 10.4 Å². The molecule has 1 heterocycles. The Morgan fingerprint density at radius 2 is 1.95 bits per heavy atom. The minimum atomic E-state index is -0.930. The summed E-state index contributed by atoms with van der Waals surface area (Å²) in [5.74, 6) is -1.21. The van der Waals surface area contributed by atoms with Gasteiger partial charge < -0.3 is 10.4 Å². The van der Waals surface area contributed by atoms with Gasteiger partial charge in [-0.25, -0.2) is 0 Å². The van der Waals surface area contributed by atoms with E-state index < -0.39 is 11.5 Å². The predicted octanol–water partition coefficient (Wildman–Crippen LogP) is 2.39. The molecule has 21 heavy (non-hydrogen) atoms. The summed E-state index contributed by atoms with van der Waals surface area (Å²) in [6.07, 6.45) is 1.42. The smallest absolute Gasteiger partial charge is 0.305 e. The maximum absolute atomic E-state index is 12.4. The number of hydrogen-bond donors (Lipinski definition) is 2. The van der Waals surface area contributed by atoms with Gasteiger partial charge in [0.05, 0.1) is 23.7 Å². The van der Waals surface area contributed by atoms with Gasteiger partial charge >= 0.3 is 5.97 Å². The molecule has 1 amide bonds. The maximum atomic E-state index is 12.4. The van der Waals surface area contributed by atoms with Crippen LogP contribution in [-0.4, -0.2) is 32.3 Å². The van der Waals surface area contributed by atoms with Crippen molar-refractivity contribution in [1.29, 1.82) is 0 Å². The van der Waals surface area contributed by atoms with Crippen molar-refractivity contribution in [3.63, 3.8) is 0 Å². The van der Waals surface area contributed by atoms with E-state index >= 15 is 0 Å². The Hall–Kier alpha value is -1.85. The quantitative estimate of drug-likeness (QED) is 0.844. The fourth-order valence-electron chi connectivity index (χ4n) is 2.20. The average molecular weight is 295 g/mol. The Balaban J connectivity index is 3.00. The summed E-state index contributed by atoms with van der Waals surface area (Å²) in [6.45, 7) is 11.4. The summed E-state index contributed by atoms with van der Waals surface area (Å²) in [4.78, 5) is 23.5. The summed E-state index contributed by atoms with van der Waals surface area (Å²) in [6, 6.07) is 0.169. The molecule has 1 atom stereocenters. The van der Waals surface area contributed by atoms with Crippen LogP contribution < -0.4 is 5.32 Å². The van der Waals surface area contributed by atoms with Crippen molar-refractivity contribution in [2.45, 2.75) is 59.5 Å². The van der Waals surface area contributed by atoms with Gasteiger partial charge in [-0.3, -0.25) is 14.3 Å². The van der Waals surface area contributed by atoms with Crippen molar-refractivity contribution >= 4 is 11.9 Å². The Kier molecular flexibility index (Phi) is 5.15. The fourth-order valence-corrected chi connectivity index (χ4v) is 2.20. The number of aliphatic carboxylic acids is 1. The molecule has 2 N–H and O–H groups in total. The Morgan fingerprint density at radius 3 is 2.33 bits per heavy atom. The van der Waals surface area contributed by atoms with Gasteiger partial charge in [0.25, 0.3) is 5.91 Å². The lowest BCUT2D eigenvalue weighted by molar-refractivity contribution is -0.138. The number of rotatable bonds is 6. The first-order chi connectivity index (χ1) is 9.58. The molecule has 0 radical (unpaired) electrons. The van der Waals surface area contributed by atoms with Gasteiger partial charge in [-0.05, 0) is 33.6 Å². The van der Waals surface area contributed by atoms with E-state index in [1.807, 2.05) is 34.6 Å². The molecule has 1 unspecified atom stereocenters. The fraction of sp³-hybridized carbons (Fsp3) is 0.667. The Bertz CT molecular complexity index is 534. The van der Waals surface area contributed by atoms with Crippen LogP contribution in [0, 0.1) is 12.8 Å². The number of carbonyl (C=O) groups is 2. The number of nitrogens with zero attached hydrogens (tertiary/aromatic N) is 2. The topological polar surface area (TPSA) is 84.2 Å². The first-order valence-electron chi connectivity index (χ1n) is 7.17. The minimum absolute atomic E-state index is 0.00185. The standard InChI is InChI=1S/C15H25N3O3/c1-9(2)15(6,7-13(19)20)17-14(21)12-8-16-18(10(3)4)11(12)5/h8-10H,7H2,1-6H3,(H,17,21)(H,19,20). The number of aromatic nitrogens is 2. The van der Waals surface area contributed by atoms with Crippen molar-refractivity contribution < 1.29 is 14.7 Å². The van der Waals surface area contributed by atoms with Crippen molar-refractivity contribution in [3.8, 4) is 0 Å². The first kappa shape index (κ1) is 17.2. The van der Waals surface area contributed by atoms with Gasteiger partial charge in [-0.2, -0.15) is 5.10 Å². The van der Waals surface area contributed by atoms with Crippen molar-refractivity contribution in [3.05, 3.63) is 17.5 Å². The van der Waals surface area contributed by atoms with E-state index in [0.29, 0.717) is 5.56 Å². The molecule has 118 valence electrons. The van der Waals surface area contributed by atoms with Gasteiger partial charge in [0.15, 0.2) is 0 Å². The van der Waals surface area contributed by atoms with Gasteiger partial charge in [0.2, 0.25) is 0 Å². The minimum Gasteiger partial charge on any atom is -0.481 e. The Labute approximate surface area is 125 Å². The predicted molar refractivity (Wildman–Crippen MR) is 80.3 cm³/mol. The third-order valence-corrected chi connectivity index (χ3v) is 3.97. The molecule has 0 saturated carbocycles. The number of carboxylic acids is 1. The van der Waals surface area contributed by atoms with E-state index in [1.54, 1.807) is 11.6 Å². The highest BCUT2D eigenvalue weighted by molar-refractivity contribution is 5.95. The first-order valence-corrected chi connectivity index (χ1v) is 7.17. The molecule has 0 spiro atoms. The molecule has 0 saturated heterocycles. The molecule has 0 aromatic carbocycles. The largest absolute Gasteiger partial charge is 0.481 e. The molecule has 1 aromatic heterocycles. The van der Waals surface area contributed by atoms with Crippen LogP contribution in [0.3, 0.4) is 0 Å². The SMILES string of the molecule is Cc1c(C(=O)NC(C)(CC(=O)O)C(C)C)cnn1C(C)C. The number of amides is 1. The number of nitrogens with one attached hydrogen (secondary N) is 1. The molecule has 6 heteroatoms. The van der Waals surface area contributed by atoms with E-state index in [-0.39, 0.29) is 24.3 Å². The molecule has 6 nitrogen and oxygen atoms in total. The Morgan fingerprint density at radius 1 is 1.38 bits per heavy atom. The summed E-state index contributed by atoms with van der Waals surface area (Å²) < 4.78 is 1.78. The maximum Gasteiger partial charge on any atom is 0.305 e. The van der Waals surface area contributed by atoms with Gasteiger partial charge in [0, 0.05) is 11.7 Å². The zero-order chi connectivity index (χ0) is 16.4. The zero-order valence-corrected chi connectivity index (χ0v) is 13.6. The van der Waals surface area contributed by atoms with Crippen LogP contribution in [0.2, 0.25) is 0 Å². The number of hydrogen-bond acceptors (Lipinski definition) is 3. The molecule has 1 rings (SSSR count). The lowest BCUT2D eigenvalue weighted by atomic mass is 9.85. The lowest BCUT2D eigenvalue weighted by Gasteiger charge is -2.33. The number of carboxylic acid groups (broad SMARTS) is 1. The molecule has 0 bridgehead atoms. The van der Waals surface area contributed by atoms with Crippen LogP contribution >= 0.6 is 0 Å². The van der Waals surface area contributed by atoms with E-state index in [4.69, 9.17) is 5.11 Å². The lowest BCUT2D eigenvalue weighted by Crippen LogP contribution is -2.51. The van der Waals surface area contributed by atoms with Crippen LogP contribution in [0.4, 0.5) is 0 Å². The summed E-state index contributed by atoms with van der Waals surface area (Å²) in [5.41, 5.74) is 0.472. The molecular weight excluding hydrogens is 270 g/mol. The summed E-state index contributed by atoms with van der Waals surface area (Å²) in [5, 5.41) is 16.1. The van der Waals surface area contributed by atoms with Gasteiger partial charge in [0.1, 0.15) is 0 Å². The van der Waals surface area contributed by atoms with Crippen LogP contribution in [0.15, 0.2) is 6.20 Å². The molecule has 0 fully saturated rings. The van der Waals surface area contributed by atoms with Crippen LogP contribution in [0.25, 0.3) is 0 Å². The van der Waals surface area contributed by atoms with E-state index in [1.165, 1.54) is 6.20 Å². The van der Waals surface area contributed by atoms with Gasteiger partial charge in [-0.1, -0.05) is 13.8 Å². The molecule has 0 aliphatic carbocycles. The van der Waals surface area contributed by atoms with Crippen molar-refractivity contribution in [2.24, 2.45) is 5.92 Å². The highest BCUT2D eigenvalue weighted by Crippen LogP contribution is 2.22. The average Bonchev–Trinajstić information content (AvgIpc) is 2.69. The van der Waals surface area contributed by atoms with Crippen LogP contribution in [0.1, 0.15) is 63.1 Å². The normalized spacial score (nSPS) is 14.3. The van der Waals surface area contributed by atoms with E-state index in [0.717, 1.165) is 5.69 Å². The van der Waals surface area contributed by atoms with Gasteiger partial charge in [-0.15, -0.1) is 0 Å². The van der Waals surface area contributed by atoms with Crippen LogP contribution in [-0.2, 0) is 4.79 Å². The monoisotopic (exact) mass is 295 g/mol. The van der Waals surface area contributed by atoms with Crippen molar-refractivity contribution in [1.82, 2.24) is 15.1 Å². The third-order valence-electron chi connectivity index (χ3n) is 3.97. The van der Waals surface area contributed by atoms with Crippen molar-refractivity contribution in [2.75, 3.05) is 0 Å². The van der Waals surface area contributed by atoms with Crippen LogP contribution in [0.5, 0.6) is 0 Å². The highest BCUT2D eigenvalue weighted by Gasteiger charge is 2.33. The summed E-state index contributed by atoms with van der Waals surface area (Å²) >= 11 is 0. The second-order valence-electron chi connectivity index (χ2n) is 6.28. The molecule has 1 aromatic rings. The second kappa shape index (κ2) is 6.28. The molecule has 0 aliphatic heterocycles. The molecule has 0 aliphatic rings. The summed E-state index contributed by atoms with van der Waals surface area (Å²) in [7, 11) is 0.